The van der Waals surface area contributed by atoms with Gasteiger partial charge in [-0.2, -0.15) is 21.8 Å². The fourth-order valence-electron chi connectivity index (χ4n) is 3.47. The predicted octanol–water partition coefficient (Wildman–Crippen LogP) is 0.422. The van der Waals surface area contributed by atoms with E-state index in [0.717, 1.165) is 61.3 Å². The molecule has 16 heteroatoms. The normalized spacial score (nSPS) is 15.6. The van der Waals surface area contributed by atoms with Crippen LogP contribution in [-0.2, 0) is 33.8 Å². The quantitative estimate of drug-likeness (QED) is 0.434. The van der Waals surface area contributed by atoms with Gasteiger partial charge in [0.15, 0.2) is 17.1 Å². The molecule has 0 amide bonds. The summed E-state index contributed by atoms with van der Waals surface area (Å²) < 4.78 is 64.5. The summed E-state index contributed by atoms with van der Waals surface area (Å²) in [6.07, 6.45) is 5.00. The molecule has 1 aromatic carbocycles. The molecule has 0 bridgehead atoms. The molecule has 0 aliphatic carbocycles. The maximum atomic E-state index is 9.19. The van der Waals surface area contributed by atoms with Crippen LogP contribution in [-0.4, -0.2) is 95.8 Å². The third-order valence-corrected chi connectivity index (χ3v) is 4.94. The van der Waals surface area contributed by atoms with E-state index in [2.05, 4.69) is 36.9 Å². The van der Waals surface area contributed by atoms with Crippen LogP contribution in [0.3, 0.4) is 0 Å². The molecule has 0 atom stereocenters. The zero-order chi connectivity index (χ0) is 26.5. The van der Waals surface area contributed by atoms with Gasteiger partial charge in [-0.1, -0.05) is 6.07 Å². The largest absolute Gasteiger partial charge is 0.454 e. The first kappa shape index (κ1) is 27.5. The topological polar surface area (TPSA) is 177 Å². The molecular formula is C20H28N6O8S2. The van der Waals surface area contributed by atoms with E-state index in [-0.39, 0.29) is 0 Å². The van der Waals surface area contributed by atoms with Crippen molar-refractivity contribution < 1.29 is 35.4 Å². The van der Waals surface area contributed by atoms with Gasteiger partial charge in [-0.15, -0.1) is 0 Å². The number of piperazine rings is 1. The summed E-state index contributed by atoms with van der Waals surface area (Å²) in [6.45, 7) is 4.99. The Morgan fingerprint density at radius 2 is 1.56 bits per heavy atom. The second kappa shape index (κ2) is 11.3. The first-order valence-corrected chi connectivity index (χ1v) is 14.3. The number of aromatic nitrogens is 4. The smallest absolute Gasteiger partial charge is 0.261 e. The zero-order valence-electron chi connectivity index (χ0n) is 20.0. The minimum absolute atomic E-state index is 0.318. The van der Waals surface area contributed by atoms with Crippen LogP contribution in [0.15, 0.2) is 30.7 Å². The molecule has 36 heavy (non-hydrogen) atoms. The van der Waals surface area contributed by atoms with Crippen LogP contribution in [0.4, 0.5) is 5.95 Å². The Labute approximate surface area is 209 Å². The summed E-state index contributed by atoms with van der Waals surface area (Å²) in [7, 11) is -5.38. The first-order chi connectivity index (χ1) is 16.8. The van der Waals surface area contributed by atoms with E-state index in [1.807, 2.05) is 17.7 Å². The van der Waals surface area contributed by atoms with Crippen LogP contribution in [0.5, 0.6) is 11.5 Å². The van der Waals surface area contributed by atoms with Crippen molar-refractivity contribution >= 4 is 37.3 Å². The SMILES string of the molecule is CS(=O)(=O)O.CS(=O)(=O)O.Cn1cnc2cnc(N3CCN(Cc4ccc5c(c4)OCO5)CC3)nc21. The van der Waals surface area contributed by atoms with Gasteiger partial charge in [-0.05, 0) is 17.7 Å². The van der Waals surface area contributed by atoms with E-state index in [9.17, 15) is 16.8 Å². The molecule has 2 aliphatic heterocycles. The molecule has 2 aliphatic rings. The van der Waals surface area contributed by atoms with Gasteiger partial charge < -0.3 is 18.9 Å². The molecule has 2 aromatic heterocycles. The van der Waals surface area contributed by atoms with E-state index in [1.54, 1.807) is 12.5 Å². The summed E-state index contributed by atoms with van der Waals surface area (Å²) in [4.78, 5) is 18.1. The van der Waals surface area contributed by atoms with Gasteiger partial charge in [-0.3, -0.25) is 14.0 Å². The number of ether oxygens (including phenoxy) is 2. The molecule has 1 saturated heterocycles. The lowest BCUT2D eigenvalue weighted by Gasteiger charge is -2.34. The van der Waals surface area contributed by atoms with E-state index < -0.39 is 20.2 Å². The van der Waals surface area contributed by atoms with Gasteiger partial charge in [0, 0.05) is 39.8 Å². The zero-order valence-corrected chi connectivity index (χ0v) is 21.6. The number of benzene rings is 1. The van der Waals surface area contributed by atoms with Crippen molar-refractivity contribution in [2.24, 2.45) is 7.05 Å². The summed E-state index contributed by atoms with van der Waals surface area (Å²) in [5, 5.41) is 0. The lowest BCUT2D eigenvalue weighted by atomic mass is 10.1. The van der Waals surface area contributed by atoms with Crippen molar-refractivity contribution in [2.75, 3.05) is 50.4 Å². The van der Waals surface area contributed by atoms with Gasteiger partial charge in [-0.25, -0.2) is 9.97 Å². The molecule has 4 heterocycles. The van der Waals surface area contributed by atoms with Crippen molar-refractivity contribution in [3.05, 3.63) is 36.3 Å². The summed E-state index contributed by atoms with van der Waals surface area (Å²) in [5.41, 5.74) is 2.95. The maximum Gasteiger partial charge on any atom is 0.261 e. The molecule has 1 fully saturated rings. The number of imidazole rings is 1. The van der Waals surface area contributed by atoms with Gasteiger partial charge in [0.25, 0.3) is 20.2 Å². The molecule has 14 nitrogen and oxygen atoms in total. The molecule has 0 spiro atoms. The molecular weight excluding hydrogens is 516 g/mol. The van der Waals surface area contributed by atoms with Crippen molar-refractivity contribution in [3.63, 3.8) is 0 Å². The molecule has 0 radical (unpaired) electrons. The minimum atomic E-state index is -3.67. The number of anilines is 1. The van der Waals surface area contributed by atoms with E-state index >= 15 is 0 Å². The Morgan fingerprint density at radius 3 is 2.19 bits per heavy atom. The maximum absolute atomic E-state index is 9.19. The highest BCUT2D eigenvalue weighted by Crippen LogP contribution is 2.32. The number of aryl methyl sites for hydroxylation is 1. The number of hydrogen-bond donors (Lipinski definition) is 2. The molecule has 0 saturated carbocycles. The first-order valence-electron chi connectivity index (χ1n) is 10.6. The van der Waals surface area contributed by atoms with Crippen LogP contribution < -0.4 is 14.4 Å². The van der Waals surface area contributed by atoms with Crippen molar-refractivity contribution in [1.29, 1.82) is 0 Å². The molecule has 0 unspecified atom stereocenters. The lowest BCUT2D eigenvalue weighted by molar-refractivity contribution is 0.174. The van der Waals surface area contributed by atoms with Crippen LogP contribution in [0, 0.1) is 0 Å². The third-order valence-electron chi connectivity index (χ3n) is 4.94. The monoisotopic (exact) mass is 544 g/mol. The van der Waals surface area contributed by atoms with Crippen molar-refractivity contribution in [2.45, 2.75) is 6.54 Å². The Bertz CT molecular complexity index is 1360. The van der Waals surface area contributed by atoms with E-state index in [4.69, 9.17) is 18.6 Å². The highest BCUT2D eigenvalue weighted by molar-refractivity contribution is 7.85. The summed E-state index contributed by atoms with van der Waals surface area (Å²) >= 11 is 0. The van der Waals surface area contributed by atoms with E-state index in [0.29, 0.717) is 19.3 Å². The standard InChI is InChI=1S/C18H20N6O2.2CH4O3S/c1-22-11-20-14-9-19-18(21-17(14)22)24-6-4-23(5-7-24)10-13-2-3-15-16(8-13)26-12-25-15;2*1-5(2,3)4/h2-3,8-9,11H,4-7,10,12H2,1H3;2*1H3,(H,2,3,4). The second-order valence-electron chi connectivity index (χ2n) is 8.15. The molecule has 2 N–H and O–H groups in total. The third kappa shape index (κ3) is 8.87. The highest BCUT2D eigenvalue weighted by Gasteiger charge is 2.21. The molecule has 5 rings (SSSR count). The van der Waals surface area contributed by atoms with E-state index in [1.165, 1.54) is 5.56 Å². The number of rotatable bonds is 3. The average molecular weight is 545 g/mol. The summed E-state index contributed by atoms with van der Waals surface area (Å²) in [6, 6.07) is 6.18. The number of hydrogen-bond acceptors (Lipinski definition) is 11. The van der Waals surface area contributed by atoms with Gasteiger partial charge in [0.1, 0.15) is 5.52 Å². The van der Waals surface area contributed by atoms with Crippen LogP contribution in [0.1, 0.15) is 5.56 Å². The fraction of sp³-hybridized carbons (Fsp3) is 0.450. The summed E-state index contributed by atoms with van der Waals surface area (Å²) in [5.74, 6) is 2.46. The van der Waals surface area contributed by atoms with Gasteiger partial charge in [0.2, 0.25) is 12.7 Å². The van der Waals surface area contributed by atoms with Crippen molar-refractivity contribution in [1.82, 2.24) is 24.4 Å². The van der Waals surface area contributed by atoms with Crippen molar-refractivity contribution in [3.8, 4) is 11.5 Å². The highest BCUT2D eigenvalue weighted by atomic mass is 32.2. The van der Waals surface area contributed by atoms with Crippen LogP contribution >= 0.6 is 0 Å². The van der Waals surface area contributed by atoms with Crippen LogP contribution in [0.25, 0.3) is 11.2 Å². The number of fused-ring (bicyclic) bond motifs is 2. The molecule has 3 aromatic rings. The minimum Gasteiger partial charge on any atom is -0.454 e. The Kier molecular flexibility index (Phi) is 8.67. The lowest BCUT2D eigenvalue weighted by Crippen LogP contribution is -2.46. The fourth-order valence-corrected chi connectivity index (χ4v) is 3.47. The number of nitrogens with zero attached hydrogens (tertiary/aromatic N) is 6. The Morgan fingerprint density at radius 1 is 0.944 bits per heavy atom. The Hall–Kier alpha value is -3.05. The van der Waals surface area contributed by atoms with Gasteiger partial charge >= 0.3 is 0 Å². The average Bonchev–Trinajstić information content (AvgIpc) is 3.38. The molecule has 198 valence electrons. The second-order valence-corrected chi connectivity index (χ2v) is 11.1. The Balaban J connectivity index is 0.000000310. The van der Waals surface area contributed by atoms with Crippen LogP contribution in [0.2, 0.25) is 0 Å². The predicted molar refractivity (Wildman–Crippen MR) is 131 cm³/mol. The van der Waals surface area contributed by atoms with Gasteiger partial charge in [0.05, 0.1) is 25.0 Å².